The molecule has 1 aromatic carbocycles. The van der Waals surface area contributed by atoms with E-state index in [0.717, 1.165) is 12.1 Å². The molecule has 0 bridgehead atoms. The van der Waals surface area contributed by atoms with Crippen LogP contribution in [0.25, 0.3) is 5.82 Å². The molecule has 2 N–H and O–H groups in total. The number of pyridine rings is 1. The average molecular weight is 378 g/mol. The zero-order valence-electron chi connectivity index (χ0n) is 14.1. The van der Waals surface area contributed by atoms with Crippen molar-refractivity contribution in [3.63, 3.8) is 0 Å². The first kappa shape index (κ1) is 18.6. The van der Waals surface area contributed by atoms with E-state index in [1.807, 2.05) is 0 Å². The van der Waals surface area contributed by atoms with Gasteiger partial charge in [-0.15, -0.1) is 0 Å². The standard InChI is InChI=1S/C18H14F4N4O/c1-10-4-15(17(23)27)25-26(10)16-8-11(2-3-24-16)5-12-6-13(18(20,21)22)9-14(19)7-12/h2-4,6-9H,5H2,1H3,(H2,23,27). The number of halogens is 4. The summed E-state index contributed by atoms with van der Waals surface area (Å²) in [7, 11) is 0. The van der Waals surface area contributed by atoms with E-state index in [2.05, 4.69) is 10.1 Å². The Bertz CT molecular complexity index is 1010. The van der Waals surface area contributed by atoms with Crippen LogP contribution < -0.4 is 5.73 Å². The van der Waals surface area contributed by atoms with Gasteiger partial charge in [0.1, 0.15) is 5.82 Å². The van der Waals surface area contributed by atoms with Crippen LogP contribution in [-0.2, 0) is 12.6 Å². The molecule has 0 radical (unpaired) electrons. The third-order valence-corrected chi connectivity index (χ3v) is 3.86. The minimum absolute atomic E-state index is 0.0688. The second kappa shape index (κ2) is 6.82. The number of nitrogens with two attached hydrogens (primary N) is 1. The monoisotopic (exact) mass is 378 g/mol. The van der Waals surface area contributed by atoms with Crippen LogP contribution in [0.1, 0.15) is 32.9 Å². The molecule has 0 saturated carbocycles. The van der Waals surface area contributed by atoms with E-state index in [1.165, 1.54) is 16.9 Å². The van der Waals surface area contributed by atoms with Crippen molar-refractivity contribution in [1.29, 1.82) is 0 Å². The van der Waals surface area contributed by atoms with Crippen LogP contribution in [0.3, 0.4) is 0 Å². The van der Waals surface area contributed by atoms with Crippen molar-refractivity contribution in [3.8, 4) is 5.82 Å². The fraction of sp³-hybridized carbons (Fsp3) is 0.167. The van der Waals surface area contributed by atoms with E-state index in [9.17, 15) is 22.4 Å². The van der Waals surface area contributed by atoms with Gasteiger partial charge in [-0.2, -0.15) is 18.3 Å². The number of amides is 1. The zero-order chi connectivity index (χ0) is 19.8. The maximum atomic E-state index is 13.6. The van der Waals surface area contributed by atoms with E-state index in [-0.39, 0.29) is 17.7 Å². The maximum Gasteiger partial charge on any atom is 0.416 e. The number of rotatable bonds is 4. The Morgan fingerprint density at radius 1 is 1.15 bits per heavy atom. The summed E-state index contributed by atoms with van der Waals surface area (Å²) in [5.74, 6) is -1.28. The van der Waals surface area contributed by atoms with Gasteiger partial charge in [-0.05, 0) is 60.9 Å². The molecule has 0 aliphatic carbocycles. The number of benzene rings is 1. The highest BCUT2D eigenvalue weighted by Crippen LogP contribution is 2.31. The molecule has 140 valence electrons. The molecule has 0 atom stereocenters. The molecule has 2 aromatic heterocycles. The Morgan fingerprint density at radius 2 is 1.89 bits per heavy atom. The van der Waals surface area contributed by atoms with Crippen LogP contribution in [0.5, 0.6) is 0 Å². The highest BCUT2D eigenvalue weighted by atomic mass is 19.4. The first-order chi connectivity index (χ1) is 12.6. The van der Waals surface area contributed by atoms with Crippen molar-refractivity contribution in [2.24, 2.45) is 5.73 Å². The van der Waals surface area contributed by atoms with Crippen molar-refractivity contribution in [3.05, 3.63) is 76.5 Å². The molecule has 27 heavy (non-hydrogen) atoms. The summed E-state index contributed by atoms with van der Waals surface area (Å²) in [6, 6.07) is 7.13. The van der Waals surface area contributed by atoms with Crippen LogP contribution in [-0.4, -0.2) is 20.7 Å². The molecule has 0 unspecified atom stereocenters. The number of carbonyl (C=O) groups excluding carboxylic acids is 1. The molecule has 0 saturated heterocycles. The van der Waals surface area contributed by atoms with Crippen LogP contribution in [0.2, 0.25) is 0 Å². The quantitative estimate of drug-likeness (QED) is 0.707. The van der Waals surface area contributed by atoms with Gasteiger partial charge in [0.2, 0.25) is 0 Å². The van der Waals surface area contributed by atoms with Crippen molar-refractivity contribution in [2.75, 3.05) is 0 Å². The minimum atomic E-state index is -4.63. The molecule has 0 aliphatic rings. The highest BCUT2D eigenvalue weighted by Gasteiger charge is 2.31. The first-order valence-corrected chi connectivity index (χ1v) is 7.82. The summed E-state index contributed by atoms with van der Waals surface area (Å²) in [6.45, 7) is 1.70. The van der Waals surface area contributed by atoms with Gasteiger partial charge in [-0.1, -0.05) is 0 Å². The Labute approximate surface area is 151 Å². The van der Waals surface area contributed by atoms with E-state index in [4.69, 9.17) is 5.73 Å². The lowest BCUT2D eigenvalue weighted by atomic mass is 10.0. The first-order valence-electron chi connectivity index (χ1n) is 7.82. The van der Waals surface area contributed by atoms with Crippen molar-refractivity contribution in [2.45, 2.75) is 19.5 Å². The van der Waals surface area contributed by atoms with Gasteiger partial charge in [0, 0.05) is 11.9 Å². The summed E-state index contributed by atoms with van der Waals surface area (Å²) in [4.78, 5) is 15.4. The summed E-state index contributed by atoms with van der Waals surface area (Å²) < 4.78 is 53.5. The molecular weight excluding hydrogens is 364 g/mol. The number of aromatic nitrogens is 3. The van der Waals surface area contributed by atoms with E-state index >= 15 is 0 Å². The number of alkyl halides is 3. The van der Waals surface area contributed by atoms with Gasteiger partial charge < -0.3 is 5.73 Å². The van der Waals surface area contributed by atoms with Crippen molar-refractivity contribution < 1.29 is 22.4 Å². The van der Waals surface area contributed by atoms with Crippen LogP contribution >= 0.6 is 0 Å². The zero-order valence-corrected chi connectivity index (χ0v) is 14.1. The molecule has 0 spiro atoms. The summed E-state index contributed by atoms with van der Waals surface area (Å²) in [5, 5.41) is 4.06. The SMILES string of the molecule is Cc1cc(C(N)=O)nn1-c1cc(Cc2cc(F)cc(C(F)(F)F)c2)ccn1. The van der Waals surface area contributed by atoms with Gasteiger partial charge in [-0.25, -0.2) is 14.1 Å². The predicted molar refractivity (Wildman–Crippen MR) is 88.8 cm³/mol. The lowest BCUT2D eigenvalue weighted by Gasteiger charge is -2.10. The van der Waals surface area contributed by atoms with Crippen molar-refractivity contribution >= 4 is 5.91 Å². The van der Waals surface area contributed by atoms with Gasteiger partial charge in [0.15, 0.2) is 11.5 Å². The van der Waals surface area contributed by atoms with Gasteiger partial charge in [0.25, 0.3) is 5.91 Å². The van der Waals surface area contributed by atoms with E-state index in [1.54, 1.807) is 19.1 Å². The number of hydrogen-bond donors (Lipinski definition) is 1. The molecule has 1 amide bonds. The molecular formula is C18H14F4N4O. The fourth-order valence-electron chi connectivity index (χ4n) is 2.66. The Hall–Kier alpha value is -3.23. The smallest absolute Gasteiger partial charge is 0.364 e. The number of hydrogen-bond acceptors (Lipinski definition) is 3. The topological polar surface area (TPSA) is 73.8 Å². The number of carbonyl (C=O) groups is 1. The molecule has 3 aromatic rings. The predicted octanol–water partition coefficient (Wildman–Crippen LogP) is 3.42. The number of aryl methyl sites for hydroxylation is 1. The van der Waals surface area contributed by atoms with Gasteiger partial charge >= 0.3 is 6.18 Å². The average Bonchev–Trinajstić information content (AvgIpc) is 2.96. The van der Waals surface area contributed by atoms with Crippen LogP contribution in [0, 0.1) is 12.7 Å². The van der Waals surface area contributed by atoms with E-state index < -0.39 is 23.5 Å². The lowest BCUT2D eigenvalue weighted by Crippen LogP contribution is -2.12. The summed E-state index contributed by atoms with van der Waals surface area (Å²) >= 11 is 0. The maximum absolute atomic E-state index is 13.6. The molecule has 0 aliphatic heterocycles. The fourth-order valence-corrected chi connectivity index (χ4v) is 2.66. The second-order valence-electron chi connectivity index (χ2n) is 5.99. The van der Waals surface area contributed by atoms with E-state index in [0.29, 0.717) is 23.1 Å². The highest BCUT2D eigenvalue weighted by molar-refractivity contribution is 5.90. The van der Waals surface area contributed by atoms with Crippen LogP contribution in [0.15, 0.2) is 42.6 Å². The minimum Gasteiger partial charge on any atom is -0.364 e. The number of nitrogens with zero attached hydrogens (tertiary/aromatic N) is 3. The Morgan fingerprint density at radius 3 is 2.52 bits per heavy atom. The van der Waals surface area contributed by atoms with Gasteiger partial charge in [-0.3, -0.25) is 4.79 Å². The molecule has 5 nitrogen and oxygen atoms in total. The third-order valence-electron chi connectivity index (χ3n) is 3.86. The Kier molecular flexibility index (Phi) is 4.69. The number of primary amides is 1. The molecule has 2 heterocycles. The molecule has 3 rings (SSSR count). The lowest BCUT2D eigenvalue weighted by molar-refractivity contribution is -0.137. The van der Waals surface area contributed by atoms with Crippen LogP contribution in [0.4, 0.5) is 17.6 Å². The third kappa shape index (κ3) is 4.13. The second-order valence-corrected chi connectivity index (χ2v) is 5.99. The normalized spacial score (nSPS) is 11.6. The molecule has 9 heteroatoms. The van der Waals surface area contributed by atoms with Crippen molar-refractivity contribution in [1.82, 2.24) is 14.8 Å². The van der Waals surface area contributed by atoms with Gasteiger partial charge in [0.05, 0.1) is 5.56 Å². The Balaban J connectivity index is 1.93. The summed E-state index contributed by atoms with van der Waals surface area (Å²) in [6.07, 6.45) is -3.10. The summed E-state index contributed by atoms with van der Waals surface area (Å²) in [5.41, 5.74) is 5.63. The largest absolute Gasteiger partial charge is 0.416 e. The molecule has 0 fully saturated rings.